The molecule has 0 aromatic heterocycles. The van der Waals surface area contributed by atoms with Crippen molar-refractivity contribution in [3.05, 3.63) is 0 Å². The minimum atomic E-state index is -0.408. The molecule has 0 atom stereocenters. The van der Waals surface area contributed by atoms with Crippen LogP contribution in [0.3, 0.4) is 0 Å². The van der Waals surface area contributed by atoms with E-state index in [2.05, 4.69) is 5.32 Å². The highest BCUT2D eigenvalue weighted by Crippen LogP contribution is 2.30. The number of ether oxygens (including phenoxy) is 2. The van der Waals surface area contributed by atoms with Crippen molar-refractivity contribution in [1.29, 1.82) is 0 Å². The first-order valence-corrected chi connectivity index (χ1v) is 4.53. The van der Waals surface area contributed by atoms with Crippen LogP contribution >= 0.6 is 0 Å². The molecule has 4 heteroatoms. The van der Waals surface area contributed by atoms with E-state index in [1.807, 2.05) is 0 Å². The predicted octanol–water partition coefficient (Wildman–Crippen LogP) is 0.176. The minimum Gasteiger partial charge on any atom is -0.469 e. The molecule has 1 fully saturated rings. The lowest BCUT2D eigenvalue weighted by atomic mass is 9.80. The first kappa shape index (κ1) is 10.5. The number of hydrogen-bond acceptors (Lipinski definition) is 4. The second kappa shape index (κ2) is 4.58. The summed E-state index contributed by atoms with van der Waals surface area (Å²) in [5.41, 5.74) is -0.408. The van der Waals surface area contributed by atoms with Crippen molar-refractivity contribution >= 4 is 5.97 Å². The van der Waals surface area contributed by atoms with Gasteiger partial charge >= 0.3 is 5.97 Å². The van der Waals surface area contributed by atoms with E-state index in [4.69, 9.17) is 9.47 Å². The fourth-order valence-electron chi connectivity index (χ4n) is 1.81. The van der Waals surface area contributed by atoms with Crippen molar-refractivity contribution in [3.63, 3.8) is 0 Å². The summed E-state index contributed by atoms with van der Waals surface area (Å²) < 4.78 is 9.88. The second-order valence-electron chi connectivity index (χ2n) is 3.45. The van der Waals surface area contributed by atoms with Crippen LogP contribution in [0.1, 0.15) is 12.8 Å². The van der Waals surface area contributed by atoms with Gasteiger partial charge in [0, 0.05) is 7.11 Å². The fraction of sp³-hybridized carbons (Fsp3) is 0.889. The lowest BCUT2D eigenvalue weighted by molar-refractivity contribution is -0.158. The Morgan fingerprint density at radius 2 is 2.00 bits per heavy atom. The van der Waals surface area contributed by atoms with Gasteiger partial charge in [-0.1, -0.05) is 0 Å². The van der Waals surface area contributed by atoms with Crippen LogP contribution in [-0.4, -0.2) is 39.9 Å². The maximum absolute atomic E-state index is 11.5. The third kappa shape index (κ3) is 2.19. The topological polar surface area (TPSA) is 47.6 Å². The lowest BCUT2D eigenvalue weighted by Crippen LogP contribution is -2.45. The molecule has 76 valence electrons. The molecular weight excluding hydrogens is 170 g/mol. The van der Waals surface area contributed by atoms with Crippen molar-refractivity contribution in [1.82, 2.24) is 5.32 Å². The van der Waals surface area contributed by atoms with Crippen LogP contribution in [0.2, 0.25) is 0 Å². The maximum Gasteiger partial charge on any atom is 0.314 e. The molecule has 0 spiro atoms. The molecular formula is C9H17NO3. The summed E-state index contributed by atoms with van der Waals surface area (Å²) in [7, 11) is 3.05. The van der Waals surface area contributed by atoms with Gasteiger partial charge in [0.25, 0.3) is 0 Å². The van der Waals surface area contributed by atoms with Crippen LogP contribution in [0.4, 0.5) is 0 Å². The van der Waals surface area contributed by atoms with Gasteiger partial charge in [-0.25, -0.2) is 0 Å². The molecule has 0 radical (unpaired) electrons. The molecule has 0 aromatic rings. The van der Waals surface area contributed by atoms with Gasteiger partial charge in [-0.05, 0) is 25.9 Å². The third-order valence-corrected chi connectivity index (χ3v) is 2.60. The van der Waals surface area contributed by atoms with Gasteiger partial charge in [-0.3, -0.25) is 4.79 Å². The lowest BCUT2D eigenvalue weighted by Gasteiger charge is -2.33. The van der Waals surface area contributed by atoms with Crippen LogP contribution in [0, 0.1) is 5.41 Å². The summed E-state index contributed by atoms with van der Waals surface area (Å²) in [5.74, 6) is -0.143. The van der Waals surface area contributed by atoms with Gasteiger partial charge in [-0.15, -0.1) is 0 Å². The molecule has 1 saturated heterocycles. The summed E-state index contributed by atoms with van der Waals surface area (Å²) in [4.78, 5) is 11.5. The van der Waals surface area contributed by atoms with Crippen LogP contribution in [0.25, 0.3) is 0 Å². The van der Waals surface area contributed by atoms with E-state index in [0.29, 0.717) is 6.61 Å². The van der Waals surface area contributed by atoms with E-state index in [1.54, 1.807) is 7.11 Å². The number of carbonyl (C=O) groups excluding carboxylic acids is 1. The Morgan fingerprint density at radius 1 is 1.38 bits per heavy atom. The molecule has 0 saturated carbocycles. The number of hydrogen-bond donors (Lipinski definition) is 1. The van der Waals surface area contributed by atoms with Crippen LogP contribution in [0.15, 0.2) is 0 Å². The zero-order valence-electron chi connectivity index (χ0n) is 8.26. The average molecular weight is 187 g/mol. The Morgan fingerprint density at radius 3 is 2.46 bits per heavy atom. The quantitative estimate of drug-likeness (QED) is 0.640. The largest absolute Gasteiger partial charge is 0.469 e. The highest BCUT2D eigenvalue weighted by molar-refractivity contribution is 5.77. The van der Waals surface area contributed by atoms with Crippen LogP contribution in [-0.2, 0) is 14.3 Å². The van der Waals surface area contributed by atoms with Crippen molar-refractivity contribution in [2.75, 3.05) is 33.9 Å². The van der Waals surface area contributed by atoms with E-state index < -0.39 is 5.41 Å². The number of nitrogens with one attached hydrogen (secondary N) is 1. The second-order valence-corrected chi connectivity index (χ2v) is 3.45. The molecule has 1 heterocycles. The van der Waals surface area contributed by atoms with Crippen molar-refractivity contribution in [3.8, 4) is 0 Å². The van der Waals surface area contributed by atoms with E-state index in [1.165, 1.54) is 7.11 Å². The number of piperidine rings is 1. The van der Waals surface area contributed by atoms with Crippen molar-refractivity contribution < 1.29 is 14.3 Å². The molecule has 0 aromatic carbocycles. The predicted molar refractivity (Wildman–Crippen MR) is 48.4 cm³/mol. The summed E-state index contributed by atoms with van der Waals surface area (Å²) in [6.45, 7) is 2.18. The Balaban J connectivity index is 2.66. The van der Waals surface area contributed by atoms with E-state index in [-0.39, 0.29) is 5.97 Å². The first-order valence-electron chi connectivity index (χ1n) is 4.53. The molecule has 4 nitrogen and oxygen atoms in total. The Bertz CT molecular complexity index is 170. The number of rotatable bonds is 3. The van der Waals surface area contributed by atoms with E-state index in [0.717, 1.165) is 25.9 Å². The molecule has 1 aliphatic rings. The highest BCUT2D eigenvalue weighted by atomic mass is 16.5. The maximum atomic E-state index is 11.5. The number of esters is 1. The van der Waals surface area contributed by atoms with Crippen molar-refractivity contribution in [2.45, 2.75) is 12.8 Å². The van der Waals surface area contributed by atoms with Gasteiger partial charge in [0.15, 0.2) is 0 Å². The fourth-order valence-corrected chi connectivity index (χ4v) is 1.81. The summed E-state index contributed by atoms with van der Waals surface area (Å²) >= 11 is 0. The van der Waals surface area contributed by atoms with Gasteiger partial charge in [0.1, 0.15) is 0 Å². The normalized spacial score (nSPS) is 21.1. The van der Waals surface area contributed by atoms with Gasteiger partial charge in [0.05, 0.1) is 19.1 Å². The zero-order valence-corrected chi connectivity index (χ0v) is 8.26. The molecule has 13 heavy (non-hydrogen) atoms. The SMILES string of the molecule is COCC1(C(=O)OC)CCNCC1. The molecule has 1 rings (SSSR count). The smallest absolute Gasteiger partial charge is 0.314 e. The van der Waals surface area contributed by atoms with Crippen LogP contribution in [0.5, 0.6) is 0 Å². The zero-order chi connectivity index (χ0) is 9.73. The van der Waals surface area contributed by atoms with Gasteiger partial charge in [0.2, 0.25) is 0 Å². The molecule has 0 amide bonds. The Kier molecular flexibility index (Phi) is 3.69. The number of methoxy groups -OCH3 is 2. The van der Waals surface area contributed by atoms with E-state index in [9.17, 15) is 4.79 Å². The van der Waals surface area contributed by atoms with E-state index >= 15 is 0 Å². The number of carbonyl (C=O) groups is 1. The Hall–Kier alpha value is -0.610. The summed E-state index contributed by atoms with van der Waals surface area (Å²) in [6.07, 6.45) is 1.60. The Labute approximate surface area is 78.6 Å². The summed E-state index contributed by atoms with van der Waals surface area (Å²) in [5, 5.41) is 3.21. The third-order valence-electron chi connectivity index (χ3n) is 2.60. The average Bonchev–Trinajstić information content (AvgIpc) is 2.18. The molecule has 1 N–H and O–H groups in total. The minimum absolute atomic E-state index is 0.143. The molecule has 0 bridgehead atoms. The highest BCUT2D eigenvalue weighted by Gasteiger charge is 2.40. The molecule has 1 aliphatic heterocycles. The van der Waals surface area contributed by atoms with Crippen LogP contribution < -0.4 is 5.32 Å². The first-order chi connectivity index (χ1) is 6.25. The summed E-state index contributed by atoms with van der Waals surface area (Å²) in [6, 6.07) is 0. The standard InChI is InChI=1S/C9H17NO3/c1-12-7-9(8(11)13-2)3-5-10-6-4-9/h10H,3-7H2,1-2H3. The van der Waals surface area contributed by atoms with Gasteiger partial charge in [-0.2, -0.15) is 0 Å². The van der Waals surface area contributed by atoms with Gasteiger partial charge < -0.3 is 14.8 Å². The molecule has 0 unspecified atom stereocenters. The monoisotopic (exact) mass is 187 g/mol. The van der Waals surface area contributed by atoms with Crippen molar-refractivity contribution in [2.24, 2.45) is 5.41 Å². The molecule has 0 aliphatic carbocycles.